The summed E-state index contributed by atoms with van der Waals surface area (Å²) < 4.78 is 7.35. The van der Waals surface area contributed by atoms with Crippen molar-refractivity contribution >= 4 is 17.4 Å². The number of rotatable bonds is 5. The number of amides is 1. The number of hydrogen-bond acceptors (Lipinski definition) is 5. The number of hydrogen-bond donors (Lipinski definition) is 2. The molecule has 7 nitrogen and oxygen atoms in total. The minimum atomic E-state index is -0.237. The molecule has 0 aliphatic rings. The number of anilines is 1. The zero-order chi connectivity index (χ0) is 17.3. The normalized spacial score (nSPS) is 11.0. The molecule has 0 saturated carbocycles. The SMILES string of the molecule is CCc1cc(NCc2ccc(C(=O)NC)o2)n2nc(C)c(C)c2n1. The lowest BCUT2D eigenvalue weighted by Crippen LogP contribution is -2.16. The Labute approximate surface area is 140 Å². The highest BCUT2D eigenvalue weighted by Gasteiger charge is 2.13. The maximum absolute atomic E-state index is 11.6. The maximum atomic E-state index is 11.6. The summed E-state index contributed by atoms with van der Waals surface area (Å²) in [6.07, 6.45) is 0.844. The Kier molecular flexibility index (Phi) is 4.24. The second-order valence-electron chi connectivity index (χ2n) is 5.63. The lowest BCUT2D eigenvalue weighted by atomic mass is 10.2. The Balaban J connectivity index is 1.88. The van der Waals surface area contributed by atoms with Crippen LogP contribution in [0.25, 0.3) is 5.65 Å². The third kappa shape index (κ3) is 2.84. The molecule has 3 aromatic heterocycles. The third-order valence-corrected chi connectivity index (χ3v) is 4.03. The van der Waals surface area contributed by atoms with Crippen LogP contribution in [0.2, 0.25) is 0 Å². The van der Waals surface area contributed by atoms with Crippen molar-refractivity contribution in [2.45, 2.75) is 33.7 Å². The highest BCUT2D eigenvalue weighted by molar-refractivity contribution is 5.91. The Morgan fingerprint density at radius 3 is 2.83 bits per heavy atom. The van der Waals surface area contributed by atoms with Gasteiger partial charge in [0.1, 0.15) is 11.6 Å². The number of nitrogens with zero attached hydrogens (tertiary/aromatic N) is 3. The van der Waals surface area contributed by atoms with Crippen molar-refractivity contribution in [3.8, 4) is 0 Å². The lowest BCUT2D eigenvalue weighted by Gasteiger charge is -2.09. The quantitative estimate of drug-likeness (QED) is 0.752. The fraction of sp³-hybridized carbons (Fsp3) is 0.353. The van der Waals surface area contributed by atoms with Crippen molar-refractivity contribution in [1.82, 2.24) is 19.9 Å². The van der Waals surface area contributed by atoms with Crippen LogP contribution in [0, 0.1) is 13.8 Å². The number of carbonyl (C=O) groups is 1. The van der Waals surface area contributed by atoms with Gasteiger partial charge in [-0.3, -0.25) is 4.79 Å². The summed E-state index contributed by atoms with van der Waals surface area (Å²) >= 11 is 0. The number of furan rings is 1. The number of aromatic nitrogens is 3. The molecule has 7 heteroatoms. The number of carbonyl (C=O) groups excluding carboxylic acids is 1. The first-order valence-electron chi connectivity index (χ1n) is 7.94. The van der Waals surface area contributed by atoms with Gasteiger partial charge in [0.05, 0.1) is 12.2 Å². The fourth-order valence-electron chi connectivity index (χ4n) is 2.48. The Morgan fingerprint density at radius 1 is 1.33 bits per heavy atom. The number of fused-ring (bicyclic) bond motifs is 1. The van der Waals surface area contributed by atoms with Gasteiger partial charge in [0, 0.05) is 24.4 Å². The second-order valence-corrected chi connectivity index (χ2v) is 5.63. The molecule has 2 N–H and O–H groups in total. The van der Waals surface area contributed by atoms with E-state index in [9.17, 15) is 4.79 Å². The standard InChI is InChI=1S/C17H21N5O2/c1-5-12-8-15(22-16(20-12)10(2)11(3)21-22)19-9-13-6-7-14(24-13)17(23)18-4/h6-8,19H,5,9H2,1-4H3,(H,18,23). The van der Waals surface area contributed by atoms with E-state index in [4.69, 9.17) is 4.42 Å². The van der Waals surface area contributed by atoms with Crippen LogP contribution >= 0.6 is 0 Å². The van der Waals surface area contributed by atoms with Crippen LogP contribution in [-0.4, -0.2) is 27.6 Å². The molecule has 0 aliphatic heterocycles. The predicted molar refractivity (Wildman–Crippen MR) is 91.3 cm³/mol. The van der Waals surface area contributed by atoms with E-state index >= 15 is 0 Å². The first kappa shape index (κ1) is 16.0. The average molecular weight is 327 g/mol. The molecule has 0 unspecified atom stereocenters. The molecule has 0 saturated heterocycles. The highest BCUT2D eigenvalue weighted by Crippen LogP contribution is 2.19. The molecular weight excluding hydrogens is 306 g/mol. The summed E-state index contributed by atoms with van der Waals surface area (Å²) in [6, 6.07) is 5.44. The molecule has 24 heavy (non-hydrogen) atoms. The van der Waals surface area contributed by atoms with Gasteiger partial charge < -0.3 is 15.1 Å². The van der Waals surface area contributed by atoms with Gasteiger partial charge in [-0.2, -0.15) is 9.61 Å². The van der Waals surface area contributed by atoms with Crippen molar-refractivity contribution in [3.05, 3.63) is 46.7 Å². The Bertz CT molecular complexity index is 894. The summed E-state index contributed by atoms with van der Waals surface area (Å²) in [5, 5.41) is 10.4. The van der Waals surface area contributed by atoms with Crippen molar-refractivity contribution < 1.29 is 9.21 Å². The van der Waals surface area contributed by atoms with Crippen LogP contribution in [-0.2, 0) is 13.0 Å². The topological polar surface area (TPSA) is 84.5 Å². The summed E-state index contributed by atoms with van der Waals surface area (Å²) in [6.45, 7) is 6.53. The first-order chi connectivity index (χ1) is 11.5. The number of aryl methyl sites for hydroxylation is 3. The van der Waals surface area contributed by atoms with Gasteiger partial charge in [0.2, 0.25) is 0 Å². The van der Waals surface area contributed by atoms with Crippen molar-refractivity contribution in [2.75, 3.05) is 12.4 Å². The van der Waals surface area contributed by atoms with Gasteiger partial charge in [0.15, 0.2) is 11.4 Å². The lowest BCUT2D eigenvalue weighted by molar-refractivity contribution is 0.0934. The summed E-state index contributed by atoms with van der Waals surface area (Å²) in [7, 11) is 1.57. The van der Waals surface area contributed by atoms with Crippen LogP contribution in [0.4, 0.5) is 5.82 Å². The van der Waals surface area contributed by atoms with Gasteiger partial charge in [0.25, 0.3) is 5.91 Å². The Hall–Kier alpha value is -2.83. The third-order valence-electron chi connectivity index (χ3n) is 4.03. The average Bonchev–Trinajstić information content (AvgIpc) is 3.18. The van der Waals surface area contributed by atoms with Crippen LogP contribution < -0.4 is 10.6 Å². The predicted octanol–water partition coefficient (Wildman–Crippen LogP) is 2.47. The highest BCUT2D eigenvalue weighted by atomic mass is 16.4. The Morgan fingerprint density at radius 2 is 2.12 bits per heavy atom. The van der Waals surface area contributed by atoms with E-state index in [1.54, 1.807) is 19.2 Å². The molecule has 0 radical (unpaired) electrons. The largest absolute Gasteiger partial charge is 0.454 e. The van der Waals surface area contributed by atoms with E-state index in [1.807, 2.05) is 24.4 Å². The summed E-state index contributed by atoms with van der Waals surface area (Å²) in [5.41, 5.74) is 3.89. The second kappa shape index (κ2) is 6.35. The molecular formula is C17H21N5O2. The maximum Gasteiger partial charge on any atom is 0.286 e. The minimum absolute atomic E-state index is 0.237. The summed E-state index contributed by atoms with van der Waals surface area (Å²) in [5.74, 6) is 1.59. The molecule has 1 amide bonds. The van der Waals surface area contributed by atoms with Crippen molar-refractivity contribution in [2.24, 2.45) is 0 Å². The zero-order valence-corrected chi connectivity index (χ0v) is 14.3. The van der Waals surface area contributed by atoms with Gasteiger partial charge in [-0.15, -0.1) is 0 Å². The zero-order valence-electron chi connectivity index (χ0n) is 14.3. The van der Waals surface area contributed by atoms with Gasteiger partial charge in [-0.25, -0.2) is 4.98 Å². The minimum Gasteiger partial charge on any atom is -0.454 e. The van der Waals surface area contributed by atoms with Crippen LogP contribution in [0.1, 0.15) is 40.2 Å². The van der Waals surface area contributed by atoms with E-state index in [0.29, 0.717) is 18.1 Å². The van der Waals surface area contributed by atoms with Gasteiger partial charge in [-0.1, -0.05) is 6.92 Å². The molecule has 0 aromatic carbocycles. The monoisotopic (exact) mass is 327 g/mol. The van der Waals surface area contributed by atoms with E-state index in [2.05, 4.69) is 27.6 Å². The first-order valence-corrected chi connectivity index (χ1v) is 7.94. The van der Waals surface area contributed by atoms with Crippen LogP contribution in [0.3, 0.4) is 0 Å². The van der Waals surface area contributed by atoms with E-state index in [0.717, 1.165) is 34.8 Å². The molecule has 0 fully saturated rings. The molecule has 0 spiro atoms. The molecule has 0 atom stereocenters. The molecule has 0 aliphatic carbocycles. The molecule has 3 aromatic rings. The number of nitrogens with one attached hydrogen (secondary N) is 2. The van der Waals surface area contributed by atoms with Crippen LogP contribution in [0.5, 0.6) is 0 Å². The van der Waals surface area contributed by atoms with Gasteiger partial charge >= 0.3 is 0 Å². The van der Waals surface area contributed by atoms with E-state index in [-0.39, 0.29) is 5.91 Å². The van der Waals surface area contributed by atoms with E-state index < -0.39 is 0 Å². The van der Waals surface area contributed by atoms with E-state index in [1.165, 1.54) is 0 Å². The van der Waals surface area contributed by atoms with Crippen LogP contribution in [0.15, 0.2) is 22.6 Å². The van der Waals surface area contributed by atoms with Gasteiger partial charge in [-0.05, 0) is 32.4 Å². The molecule has 0 bridgehead atoms. The fourth-order valence-corrected chi connectivity index (χ4v) is 2.48. The smallest absolute Gasteiger partial charge is 0.286 e. The summed E-state index contributed by atoms with van der Waals surface area (Å²) in [4.78, 5) is 16.2. The molecule has 3 heterocycles. The molecule has 3 rings (SSSR count). The van der Waals surface area contributed by atoms with Crippen molar-refractivity contribution in [3.63, 3.8) is 0 Å². The van der Waals surface area contributed by atoms with Crippen molar-refractivity contribution in [1.29, 1.82) is 0 Å². The molecule has 126 valence electrons.